The third kappa shape index (κ3) is 1.32. The van der Waals surface area contributed by atoms with Crippen molar-refractivity contribution >= 4 is 22.9 Å². The lowest BCUT2D eigenvalue weighted by molar-refractivity contribution is 0.787. The normalized spacial score (nSPS) is 11.4. The molecule has 0 unspecified atom stereocenters. The van der Waals surface area contributed by atoms with Crippen molar-refractivity contribution in [1.82, 2.24) is 14.6 Å². The Hall–Kier alpha value is -1.29. The van der Waals surface area contributed by atoms with E-state index in [0.29, 0.717) is 16.4 Å². The fourth-order valence-corrected chi connectivity index (χ4v) is 1.70. The average molecular weight is 211 g/mol. The van der Waals surface area contributed by atoms with Crippen LogP contribution in [0.4, 0.5) is 5.69 Å². The van der Waals surface area contributed by atoms with Gasteiger partial charge in [-0.1, -0.05) is 25.4 Å². The zero-order chi connectivity index (χ0) is 10.3. The molecular weight excluding hydrogens is 200 g/mol. The molecule has 0 atom stereocenters. The molecule has 14 heavy (non-hydrogen) atoms. The number of nitrogens with zero attached hydrogens (tertiary/aromatic N) is 3. The third-order valence-electron chi connectivity index (χ3n) is 2.01. The molecule has 74 valence electrons. The van der Waals surface area contributed by atoms with Crippen LogP contribution in [-0.4, -0.2) is 14.6 Å². The Morgan fingerprint density at radius 2 is 2.21 bits per heavy atom. The minimum Gasteiger partial charge on any atom is -0.396 e. The number of nitrogen functional groups attached to an aromatic ring is 1. The van der Waals surface area contributed by atoms with Gasteiger partial charge in [0.05, 0.1) is 23.8 Å². The van der Waals surface area contributed by atoms with E-state index in [9.17, 15) is 0 Å². The van der Waals surface area contributed by atoms with Gasteiger partial charge < -0.3 is 5.73 Å². The summed E-state index contributed by atoms with van der Waals surface area (Å²) < 4.78 is 1.62. The van der Waals surface area contributed by atoms with Crippen LogP contribution in [0.25, 0.3) is 5.65 Å². The minimum absolute atomic E-state index is 0.283. The SMILES string of the molecule is CC(C)c1nn2cc(N)cnc2c1Cl. The largest absolute Gasteiger partial charge is 0.396 e. The number of aromatic nitrogens is 3. The Balaban J connectivity index is 2.73. The van der Waals surface area contributed by atoms with Crippen molar-refractivity contribution in [2.24, 2.45) is 0 Å². The molecule has 2 rings (SSSR count). The second-order valence-corrected chi connectivity index (χ2v) is 3.89. The summed E-state index contributed by atoms with van der Waals surface area (Å²) in [6.07, 6.45) is 3.28. The molecule has 0 bridgehead atoms. The van der Waals surface area contributed by atoms with Crippen molar-refractivity contribution in [2.75, 3.05) is 5.73 Å². The maximum Gasteiger partial charge on any atom is 0.174 e. The molecule has 0 radical (unpaired) electrons. The predicted octanol–water partition coefficient (Wildman–Crippen LogP) is 2.09. The lowest BCUT2D eigenvalue weighted by atomic mass is 10.1. The van der Waals surface area contributed by atoms with E-state index in [2.05, 4.69) is 10.1 Å². The number of nitrogens with two attached hydrogens (primary N) is 1. The summed E-state index contributed by atoms with van der Waals surface area (Å²) >= 11 is 6.12. The van der Waals surface area contributed by atoms with Crippen molar-refractivity contribution < 1.29 is 0 Å². The van der Waals surface area contributed by atoms with Crippen molar-refractivity contribution in [2.45, 2.75) is 19.8 Å². The van der Waals surface area contributed by atoms with E-state index in [1.165, 1.54) is 0 Å². The Bertz CT molecular complexity index is 475. The molecule has 0 aliphatic carbocycles. The molecule has 2 N–H and O–H groups in total. The van der Waals surface area contributed by atoms with Gasteiger partial charge in [0.1, 0.15) is 5.02 Å². The molecule has 0 spiro atoms. The van der Waals surface area contributed by atoms with Gasteiger partial charge in [-0.25, -0.2) is 9.50 Å². The van der Waals surface area contributed by atoms with Crippen LogP contribution in [0.15, 0.2) is 12.4 Å². The molecule has 5 heteroatoms. The number of halogens is 1. The molecule has 0 fully saturated rings. The first-order valence-electron chi connectivity index (χ1n) is 4.39. The van der Waals surface area contributed by atoms with Crippen LogP contribution >= 0.6 is 11.6 Å². The van der Waals surface area contributed by atoms with Crippen LogP contribution in [0.3, 0.4) is 0 Å². The van der Waals surface area contributed by atoms with Crippen LogP contribution in [0.1, 0.15) is 25.5 Å². The fraction of sp³-hybridized carbons (Fsp3) is 0.333. The second-order valence-electron chi connectivity index (χ2n) is 3.51. The molecule has 0 aliphatic heterocycles. The number of hydrogen-bond donors (Lipinski definition) is 1. The minimum atomic E-state index is 0.283. The summed E-state index contributed by atoms with van der Waals surface area (Å²) in [4.78, 5) is 4.13. The fourth-order valence-electron chi connectivity index (χ4n) is 1.31. The van der Waals surface area contributed by atoms with Gasteiger partial charge in [-0.15, -0.1) is 0 Å². The van der Waals surface area contributed by atoms with Crippen molar-refractivity contribution in [1.29, 1.82) is 0 Å². The van der Waals surface area contributed by atoms with E-state index in [1.807, 2.05) is 13.8 Å². The quantitative estimate of drug-likeness (QED) is 0.784. The van der Waals surface area contributed by atoms with Crippen molar-refractivity contribution in [3.8, 4) is 0 Å². The van der Waals surface area contributed by atoms with Gasteiger partial charge in [0.25, 0.3) is 0 Å². The molecule has 2 heterocycles. The molecule has 2 aromatic heterocycles. The van der Waals surface area contributed by atoms with E-state index < -0.39 is 0 Å². The molecule has 0 amide bonds. The van der Waals surface area contributed by atoms with Crippen molar-refractivity contribution in [3.05, 3.63) is 23.1 Å². The topological polar surface area (TPSA) is 56.2 Å². The number of rotatable bonds is 1. The van der Waals surface area contributed by atoms with E-state index in [1.54, 1.807) is 16.9 Å². The molecule has 2 aromatic rings. The second kappa shape index (κ2) is 3.13. The third-order valence-corrected chi connectivity index (χ3v) is 2.37. The Labute approximate surface area is 86.7 Å². The van der Waals surface area contributed by atoms with Gasteiger partial charge in [0.15, 0.2) is 5.65 Å². The molecule has 0 saturated heterocycles. The summed E-state index contributed by atoms with van der Waals surface area (Å²) in [6, 6.07) is 0. The van der Waals surface area contributed by atoms with Crippen LogP contribution in [0.5, 0.6) is 0 Å². The molecule has 0 aromatic carbocycles. The van der Waals surface area contributed by atoms with E-state index in [4.69, 9.17) is 17.3 Å². The smallest absolute Gasteiger partial charge is 0.174 e. The summed E-state index contributed by atoms with van der Waals surface area (Å²) in [6.45, 7) is 4.08. The first kappa shape index (κ1) is 9.27. The highest BCUT2D eigenvalue weighted by Gasteiger charge is 2.14. The Morgan fingerprint density at radius 1 is 1.50 bits per heavy atom. The van der Waals surface area contributed by atoms with E-state index in [0.717, 1.165) is 5.69 Å². The van der Waals surface area contributed by atoms with Crippen molar-refractivity contribution in [3.63, 3.8) is 0 Å². The van der Waals surface area contributed by atoms with Crippen LogP contribution < -0.4 is 5.73 Å². The molecule has 4 nitrogen and oxygen atoms in total. The highest BCUT2D eigenvalue weighted by Crippen LogP contribution is 2.26. The Morgan fingerprint density at radius 3 is 2.86 bits per heavy atom. The lowest BCUT2D eigenvalue weighted by Crippen LogP contribution is -1.94. The molecular formula is C9H11ClN4. The molecule has 0 aliphatic rings. The maximum absolute atomic E-state index is 6.12. The lowest BCUT2D eigenvalue weighted by Gasteiger charge is -1.97. The van der Waals surface area contributed by atoms with Crippen LogP contribution in [0, 0.1) is 0 Å². The van der Waals surface area contributed by atoms with Gasteiger partial charge in [-0.2, -0.15) is 5.10 Å². The number of anilines is 1. The monoisotopic (exact) mass is 210 g/mol. The standard InChI is InChI=1S/C9H11ClN4/c1-5(2)8-7(10)9-12-3-6(11)4-14(9)13-8/h3-5H,11H2,1-2H3. The van der Waals surface area contributed by atoms with Gasteiger partial charge in [-0.3, -0.25) is 0 Å². The first-order valence-corrected chi connectivity index (χ1v) is 4.76. The summed E-state index contributed by atoms with van der Waals surface area (Å²) in [7, 11) is 0. The zero-order valence-electron chi connectivity index (χ0n) is 8.03. The summed E-state index contributed by atoms with van der Waals surface area (Å²) in [5, 5.41) is 4.93. The number of fused-ring (bicyclic) bond motifs is 1. The van der Waals surface area contributed by atoms with Gasteiger partial charge in [0.2, 0.25) is 0 Å². The predicted molar refractivity (Wildman–Crippen MR) is 56.5 cm³/mol. The van der Waals surface area contributed by atoms with Crippen LogP contribution in [-0.2, 0) is 0 Å². The van der Waals surface area contributed by atoms with E-state index >= 15 is 0 Å². The van der Waals surface area contributed by atoms with Gasteiger partial charge in [-0.05, 0) is 5.92 Å². The summed E-state index contributed by atoms with van der Waals surface area (Å²) in [5.74, 6) is 0.283. The highest BCUT2D eigenvalue weighted by molar-refractivity contribution is 6.34. The van der Waals surface area contributed by atoms with Gasteiger partial charge >= 0.3 is 0 Å². The average Bonchev–Trinajstić information content (AvgIpc) is 2.43. The maximum atomic E-state index is 6.12. The Kier molecular flexibility index (Phi) is 2.07. The summed E-state index contributed by atoms with van der Waals surface area (Å²) in [5.41, 5.74) is 7.68. The van der Waals surface area contributed by atoms with Gasteiger partial charge in [0, 0.05) is 0 Å². The van der Waals surface area contributed by atoms with E-state index in [-0.39, 0.29) is 5.92 Å². The highest BCUT2D eigenvalue weighted by atomic mass is 35.5. The first-order chi connectivity index (χ1) is 6.59. The zero-order valence-corrected chi connectivity index (χ0v) is 8.78. The molecule has 0 saturated carbocycles. The number of hydrogen-bond acceptors (Lipinski definition) is 3. The van der Waals surface area contributed by atoms with Crippen LogP contribution in [0.2, 0.25) is 5.02 Å².